The molecule has 6 nitrogen and oxygen atoms in total. The highest BCUT2D eigenvalue weighted by Crippen LogP contribution is 2.18. The van der Waals surface area contributed by atoms with Crippen molar-refractivity contribution in [3.05, 3.63) is 30.1 Å². The number of piperazine rings is 1. The lowest BCUT2D eigenvalue weighted by atomic mass is 10.2. The number of nitrogens with zero attached hydrogens (tertiary/aromatic N) is 2. The molecule has 0 unspecified atom stereocenters. The summed E-state index contributed by atoms with van der Waals surface area (Å²) < 4.78 is 39.5. The topological polar surface area (TPSA) is 69.7 Å². The Morgan fingerprint density at radius 3 is 2.33 bits per heavy atom. The molecule has 0 bridgehead atoms. The summed E-state index contributed by atoms with van der Waals surface area (Å²) in [5.74, 6) is -0.502. The van der Waals surface area contributed by atoms with Gasteiger partial charge in [0.1, 0.15) is 5.82 Å². The molecular formula is C16H24FN3O3S. The van der Waals surface area contributed by atoms with Crippen LogP contribution in [0.25, 0.3) is 0 Å². The molecule has 0 spiro atoms. The summed E-state index contributed by atoms with van der Waals surface area (Å²) in [6.45, 7) is 6.06. The summed E-state index contributed by atoms with van der Waals surface area (Å²) >= 11 is 0. The molecule has 1 aromatic carbocycles. The van der Waals surface area contributed by atoms with Gasteiger partial charge in [-0.2, -0.15) is 4.31 Å². The summed E-state index contributed by atoms with van der Waals surface area (Å²) in [4.78, 5) is 14.1. The number of sulfonamides is 1. The lowest BCUT2D eigenvalue weighted by Crippen LogP contribution is -2.54. The van der Waals surface area contributed by atoms with Crippen LogP contribution in [-0.2, 0) is 14.8 Å². The van der Waals surface area contributed by atoms with Gasteiger partial charge in [0.25, 0.3) is 0 Å². The molecule has 1 saturated heterocycles. The first-order valence-corrected chi connectivity index (χ1v) is 9.57. The predicted octanol–water partition coefficient (Wildman–Crippen LogP) is 1.05. The first kappa shape index (κ1) is 18.8. The van der Waals surface area contributed by atoms with E-state index in [9.17, 15) is 17.6 Å². The van der Waals surface area contributed by atoms with E-state index in [4.69, 9.17) is 0 Å². The lowest BCUT2D eigenvalue weighted by molar-refractivity contribution is -0.126. The Labute approximate surface area is 142 Å². The Morgan fingerprint density at radius 1 is 1.21 bits per heavy atom. The molecule has 0 aliphatic carbocycles. The summed E-state index contributed by atoms with van der Waals surface area (Å²) in [5.41, 5.74) is 0. The molecule has 1 heterocycles. The van der Waals surface area contributed by atoms with Crippen molar-refractivity contribution in [3.63, 3.8) is 0 Å². The fourth-order valence-corrected chi connectivity index (χ4v) is 4.07. The highest BCUT2D eigenvalue weighted by molar-refractivity contribution is 7.89. The van der Waals surface area contributed by atoms with E-state index in [2.05, 4.69) is 5.32 Å². The molecule has 1 aliphatic heterocycles. The number of hydrogen-bond donors (Lipinski definition) is 1. The number of nitrogens with one attached hydrogen (secondary N) is 1. The van der Waals surface area contributed by atoms with E-state index in [0.29, 0.717) is 32.7 Å². The fourth-order valence-electron chi connectivity index (χ4n) is 2.65. The quantitative estimate of drug-likeness (QED) is 0.826. The Hall–Kier alpha value is -1.51. The zero-order valence-electron chi connectivity index (χ0n) is 14.0. The molecule has 134 valence electrons. The van der Waals surface area contributed by atoms with E-state index in [0.717, 1.165) is 18.6 Å². The van der Waals surface area contributed by atoms with Crippen molar-refractivity contribution >= 4 is 15.9 Å². The lowest BCUT2D eigenvalue weighted by Gasteiger charge is -2.36. The van der Waals surface area contributed by atoms with Gasteiger partial charge in [-0.25, -0.2) is 12.8 Å². The molecule has 24 heavy (non-hydrogen) atoms. The Morgan fingerprint density at radius 2 is 1.79 bits per heavy atom. The van der Waals surface area contributed by atoms with Crippen molar-refractivity contribution < 1.29 is 17.6 Å². The average molecular weight is 357 g/mol. The molecule has 8 heteroatoms. The number of carbonyl (C=O) groups excluding carboxylic acids is 1. The highest BCUT2D eigenvalue weighted by atomic mass is 32.2. The van der Waals surface area contributed by atoms with Gasteiger partial charge in [-0.3, -0.25) is 9.69 Å². The van der Waals surface area contributed by atoms with Crippen LogP contribution in [0.4, 0.5) is 4.39 Å². The molecule has 0 radical (unpaired) electrons. The molecule has 0 aromatic heterocycles. The molecule has 1 fully saturated rings. The van der Waals surface area contributed by atoms with Gasteiger partial charge in [-0.1, -0.05) is 6.92 Å². The van der Waals surface area contributed by atoms with E-state index >= 15 is 0 Å². The third kappa shape index (κ3) is 4.31. The van der Waals surface area contributed by atoms with E-state index in [-0.39, 0.29) is 16.8 Å². The van der Waals surface area contributed by atoms with Crippen LogP contribution in [0.1, 0.15) is 20.3 Å². The SMILES string of the molecule is CCCNC(=O)[C@H](C)N1CCN(S(=O)(=O)c2ccc(F)cc2)CC1. The maximum atomic E-state index is 13.0. The third-order valence-electron chi connectivity index (χ3n) is 4.20. The molecule has 1 aromatic rings. The molecule has 1 aliphatic rings. The third-order valence-corrected chi connectivity index (χ3v) is 6.11. The van der Waals surface area contributed by atoms with E-state index in [1.54, 1.807) is 0 Å². The van der Waals surface area contributed by atoms with Crippen LogP contribution in [0.5, 0.6) is 0 Å². The van der Waals surface area contributed by atoms with Crippen LogP contribution >= 0.6 is 0 Å². The molecule has 1 N–H and O–H groups in total. The second-order valence-electron chi connectivity index (χ2n) is 5.86. The van der Waals surface area contributed by atoms with Gasteiger partial charge < -0.3 is 5.32 Å². The second-order valence-corrected chi connectivity index (χ2v) is 7.80. The van der Waals surface area contributed by atoms with Crippen LogP contribution in [0.2, 0.25) is 0 Å². The number of amides is 1. The van der Waals surface area contributed by atoms with Crippen LogP contribution in [0.15, 0.2) is 29.2 Å². The van der Waals surface area contributed by atoms with Crippen LogP contribution in [-0.4, -0.2) is 62.3 Å². The highest BCUT2D eigenvalue weighted by Gasteiger charge is 2.31. The van der Waals surface area contributed by atoms with Crippen LogP contribution in [0.3, 0.4) is 0 Å². The van der Waals surface area contributed by atoms with E-state index < -0.39 is 15.8 Å². The van der Waals surface area contributed by atoms with Crippen LogP contribution in [0, 0.1) is 5.82 Å². The molecule has 2 rings (SSSR count). The Balaban J connectivity index is 1.96. The Kier molecular flexibility index (Phi) is 6.31. The zero-order chi connectivity index (χ0) is 17.7. The monoisotopic (exact) mass is 357 g/mol. The second kappa shape index (κ2) is 8.04. The smallest absolute Gasteiger partial charge is 0.243 e. The summed E-state index contributed by atoms with van der Waals surface area (Å²) in [7, 11) is -3.62. The standard InChI is InChI=1S/C16H24FN3O3S/c1-3-8-18-16(21)13(2)19-9-11-20(12-10-19)24(22,23)15-6-4-14(17)5-7-15/h4-7,13H,3,8-12H2,1-2H3,(H,18,21)/t13-/m0/s1. The normalized spacial score (nSPS) is 18.3. The minimum absolute atomic E-state index is 0.0355. The van der Waals surface area contributed by atoms with Gasteiger partial charge in [0, 0.05) is 32.7 Å². The first-order chi connectivity index (χ1) is 11.4. The maximum Gasteiger partial charge on any atom is 0.243 e. The number of benzene rings is 1. The van der Waals surface area contributed by atoms with Gasteiger partial charge in [-0.15, -0.1) is 0 Å². The van der Waals surface area contributed by atoms with Gasteiger partial charge in [0.15, 0.2) is 0 Å². The summed E-state index contributed by atoms with van der Waals surface area (Å²) in [5, 5.41) is 2.85. The first-order valence-electron chi connectivity index (χ1n) is 8.13. The fraction of sp³-hybridized carbons (Fsp3) is 0.562. The van der Waals surface area contributed by atoms with Crippen molar-refractivity contribution in [1.82, 2.24) is 14.5 Å². The average Bonchev–Trinajstić information content (AvgIpc) is 2.59. The van der Waals surface area contributed by atoms with Crippen molar-refractivity contribution in [2.24, 2.45) is 0 Å². The molecule has 0 saturated carbocycles. The molecule has 1 amide bonds. The van der Waals surface area contributed by atoms with E-state index in [1.165, 1.54) is 16.4 Å². The number of carbonyl (C=O) groups is 1. The minimum atomic E-state index is -3.62. The van der Waals surface area contributed by atoms with Crippen molar-refractivity contribution in [2.75, 3.05) is 32.7 Å². The number of hydrogen-bond acceptors (Lipinski definition) is 4. The van der Waals surface area contributed by atoms with Gasteiger partial charge in [0.05, 0.1) is 10.9 Å². The largest absolute Gasteiger partial charge is 0.355 e. The zero-order valence-corrected chi connectivity index (χ0v) is 14.9. The number of halogens is 1. The van der Waals surface area contributed by atoms with Crippen molar-refractivity contribution in [1.29, 1.82) is 0 Å². The van der Waals surface area contributed by atoms with Crippen LogP contribution < -0.4 is 5.32 Å². The number of rotatable bonds is 6. The summed E-state index contributed by atoms with van der Waals surface area (Å²) in [6.07, 6.45) is 0.877. The van der Waals surface area contributed by atoms with Gasteiger partial charge in [-0.05, 0) is 37.6 Å². The Bertz CT molecular complexity index is 656. The van der Waals surface area contributed by atoms with E-state index in [1.807, 2.05) is 18.7 Å². The maximum absolute atomic E-state index is 13.0. The van der Waals surface area contributed by atoms with Gasteiger partial charge >= 0.3 is 0 Å². The molecular weight excluding hydrogens is 333 g/mol. The summed E-state index contributed by atoms with van der Waals surface area (Å²) in [6, 6.07) is 4.55. The van der Waals surface area contributed by atoms with Gasteiger partial charge in [0.2, 0.25) is 15.9 Å². The predicted molar refractivity (Wildman–Crippen MR) is 89.5 cm³/mol. The molecule has 1 atom stereocenters. The van der Waals surface area contributed by atoms with Crippen molar-refractivity contribution in [3.8, 4) is 0 Å². The van der Waals surface area contributed by atoms with Crippen molar-refractivity contribution in [2.45, 2.75) is 31.2 Å². The minimum Gasteiger partial charge on any atom is -0.355 e.